The summed E-state index contributed by atoms with van der Waals surface area (Å²) in [5, 5.41) is 8.01. The largest absolute Gasteiger partial charge is 0.361 e. The van der Waals surface area contributed by atoms with E-state index in [0.717, 1.165) is 28.4 Å². The van der Waals surface area contributed by atoms with Crippen molar-refractivity contribution in [3.05, 3.63) is 33.1 Å². The third kappa shape index (κ3) is 3.55. The van der Waals surface area contributed by atoms with Crippen molar-refractivity contribution >= 4 is 17.2 Å². The zero-order valence-corrected chi connectivity index (χ0v) is 14.8. The van der Waals surface area contributed by atoms with Crippen LogP contribution in [0.4, 0.5) is 0 Å². The Kier molecular flexibility index (Phi) is 4.70. The Bertz CT molecular complexity index is 651. The van der Waals surface area contributed by atoms with Gasteiger partial charge in [-0.05, 0) is 33.6 Å². The molecule has 0 saturated carbocycles. The van der Waals surface area contributed by atoms with Gasteiger partial charge in [0.1, 0.15) is 10.6 Å². The number of amides is 1. The van der Waals surface area contributed by atoms with Crippen LogP contribution in [0.1, 0.15) is 59.4 Å². The van der Waals surface area contributed by atoms with E-state index in [1.165, 1.54) is 11.3 Å². The van der Waals surface area contributed by atoms with Gasteiger partial charge in [0.25, 0.3) is 5.91 Å². The van der Waals surface area contributed by atoms with Gasteiger partial charge in [-0.3, -0.25) is 4.79 Å². The standard InChI is InChI=1S/C16H23N3O2S/c1-9(2)7-13-17-8-12(22-13)15(20)18-16(5,6)14-10(3)19-21-11(14)4/h8-9H,7H2,1-6H3,(H,18,20). The van der Waals surface area contributed by atoms with Gasteiger partial charge in [0, 0.05) is 12.0 Å². The molecule has 2 aromatic heterocycles. The number of carbonyl (C=O) groups excluding carboxylic acids is 1. The fourth-order valence-electron chi connectivity index (χ4n) is 2.64. The lowest BCUT2D eigenvalue weighted by Crippen LogP contribution is -2.41. The first-order valence-corrected chi connectivity index (χ1v) is 8.23. The summed E-state index contributed by atoms with van der Waals surface area (Å²) in [6.07, 6.45) is 2.55. The number of nitrogens with zero attached hydrogens (tertiary/aromatic N) is 2. The summed E-state index contributed by atoms with van der Waals surface area (Å²) in [7, 11) is 0. The summed E-state index contributed by atoms with van der Waals surface area (Å²) in [5.41, 5.74) is 1.17. The molecule has 0 spiro atoms. The molecule has 0 radical (unpaired) electrons. The predicted molar refractivity (Wildman–Crippen MR) is 87.1 cm³/mol. The highest BCUT2D eigenvalue weighted by Crippen LogP contribution is 2.27. The van der Waals surface area contributed by atoms with Crippen LogP contribution in [0.5, 0.6) is 0 Å². The molecular weight excluding hydrogens is 298 g/mol. The first-order valence-electron chi connectivity index (χ1n) is 7.41. The van der Waals surface area contributed by atoms with Crippen molar-refractivity contribution in [1.29, 1.82) is 0 Å². The minimum Gasteiger partial charge on any atom is -0.361 e. The van der Waals surface area contributed by atoms with Gasteiger partial charge in [0.15, 0.2) is 0 Å². The zero-order chi connectivity index (χ0) is 16.5. The molecule has 0 aliphatic rings. The molecule has 22 heavy (non-hydrogen) atoms. The predicted octanol–water partition coefficient (Wildman–Crippen LogP) is 3.61. The molecule has 0 aliphatic heterocycles. The van der Waals surface area contributed by atoms with E-state index in [-0.39, 0.29) is 5.91 Å². The van der Waals surface area contributed by atoms with Crippen LogP contribution in [0.3, 0.4) is 0 Å². The molecule has 0 atom stereocenters. The van der Waals surface area contributed by atoms with Crippen LogP contribution in [0.15, 0.2) is 10.7 Å². The highest BCUT2D eigenvalue weighted by molar-refractivity contribution is 7.13. The smallest absolute Gasteiger partial charge is 0.263 e. The number of nitrogens with one attached hydrogen (secondary N) is 1. The molecule has 2 rings (SSSR count). The molecule has 0 fully saturated rings. The Labute approximate surface area is 135 Å². The highest BCUT2D eigenvalue weighted by Gasteiger charge is 2.30. The maximum Gasteiger partial charge on any atom is 0.263 e. The van der Waals surface area contributed by atoms with Crippen molar-refractivity contribution in [3.8, 4) is 0 Å². The van der Waals surface area contributed by atoms with Gasteiger partial charge < -0.3 is 9.84 Å². The van der Waals surface area contributed by atoms with E-state index >= 15 is 0 Å². The Morgan fingerprint density at radius 1 is 1.41 bits per heavy atom. The van der Waals surface area contributed by atoms with Gasteiger partial charge in [0.2, 0.25) is 0 Å². The quantitative estimate of drug-likeness (QED) is 0.913. The second kappa shape index (κ2) is 6.20. The monoisotopic (exact) mass is 321 g/mol. The molecule has 0 aromatic carbocycles. The van der Waals surface area contributed by atoms with E-state index in [1.807, 2.05) is 27.7 Å². The number of hydrogen-bond donors (Lipinski definition) is 1. The average Bonchev–Trinajstić information content (AvgIpc) is 2.95. The van der Waals surface area contributed by atoms with Crippen LogP contribution < -0.4 is 5.32 Å². The van der Waals surface area contributed by atoms with E-state index in [4.69, 9.17) is 4.52 Å². The Morgan fingerprint density at radius 2 is 2.09 bits per heavy atom. The van der Waals surface area contributed by atoms with Gasteiger partial charge in [-0.2, -0.15) is 0 Å². The molecule has 2 aromatic rings. The first kappa shape index (κ1) is 16.7. The molecule has 0 aliphatic carbocycles. The van der Waals surface area contributed by atoms with Crippen molar-refractivity contribution < 1.29 is 9.32 Å². The number of aromatic nitrogens is 2. The van der Waals surface area contributed by atoms with Crippen LogP contribution in [-0.2, 0) is 12.0 Å². The molecule has 6 heteroatoms. The van der Waals surface area contributed by atoms with Crippen LogP contribution >= 0.6 is 11.3 Å². The lowest BCUT2D eigenvalue weighted by Gasteiger charge is -2.26. The number of aryl methyl sites for hydroxylation is 2. The molecule has 0 bridgehead atoms. The van der Waals surface area contributed by atoms with Crippen molar-refractivity contribution in [2.45, 2.75) is 53.5 Å². The normalized spacial score (nSPS) is 12.0. The van der Waals surface area contributed by atoms with Crippen LogP contribution in [0.25, 0.3) is 0 Å². The SMILES string of the molecule is Cc1noc(C)c1C(C)(C)NC(=O)c1cnc(CC(C)C)s1. The zero-order valence-electron chi connectivity index (χ0n) is 14.0. The van der Waals surface area contributed by atoms with Gasteiger partial charge in [-0.1, -0.05) is 19.0 Å². The third-order valence-electron chi connectivity index (χ3n) is 3.44. The average molecular weight is 321 g/mol. The van der Waals surface area contributed by atoms with Crippen molar-refractivity contribution in [3.63, 3.8) is 0 Å². The molecule has 120 valence electrons. The van der Waals surface area contributed by atoms with E-state index in [1.54, 1.807) is 6.20 Å². The molecule has 0 unspecified atom stereocenters. The number of hydrogen-bond acceptors (Lipinski definition) is 5. The number of rotatable bonds is 5. The Morgan fingerprint density at radius 3 is 2.64 bits per heavy atom. The summed E-state index contributed by atoms with van der Waals surface area (Å²) in [6, 6.07) is 0. The Hall–Kier alpha value is -1.69. The highest BCUT2D eigenvalue weighted by atomic mass is 32.1. The van der Waals surface area contributed by atoms with Crippen molar-refractivity contribution in [2.75, 3.05) is 0 Å². The fraction of sp³-hybridized carbons (Fsp3) is 0.562. The Balaban J connectivity index is 2.15. The summed E-state index contributed by atoms with van der Waals surface area (Å²) in [4.78, 5) is 17.5. The molecule has 1 amide bonds. The van der Waals surface area contributed by atoms with Gasteiger partial charge in [0.05, 0.1) is 22.4 Å². The summed E-state index contributed by atoms with van der Waals surface area (Å²) in [6.45, 7) is 11.9. The summed E-state index contributed by atoms with van der Waals surface area (Å²) < 4.78 is 5.21. The lowest BCUT2D eigenvalue weighted by molar-refractivity contribution is 0.0915. The summed E-state index contributed by atoms with van der Waals surface area (Å²) in [5.74, 6) is 1.14. The minimum absolute atomic E-state index is 0.113. The molecule has 0 saturated heterocycles. The number of thiazole rings is 1. The summed E-state index contributed by atoms with van der Waals surface area (Å²) >= 11 is 1.45. The molecule has 1 N–H and O–H groups in total. The second-order valence-electron chi connectivity index (χ2n) is 6.49. The van der Waals surface area contributed by atoms with E-state index in [2.05, 4.69) is 29.3 Å². The van der Waals surface area contributed by atoms with Gasteiger partial charge in [-0.25, -0.2) is 4.98 Å². The second-order valence-corrected chi connectivity index (χ2v) is 7.61. The fourth-order valence-corrected chi connectivity index (χ4v) is 3.67. The van der Waals surface area contributed by atoms with E-state index in [0.29, 0.717) is 10.8 Å². The molecular formula is C16H23N3O2S. The third-order valence-corrected chi connectivity index (χ3v) is 4.46. The maximum atomic E-state index is 12.5. The van der Waals surface area contributed by atoms with Crippen LogP contribution in [-0.4, -0.2) is 16.0 Å². The number of carbonyl (C=O) groups is 1. The lowest BCUT2D eigenvalue weighted by atomic mass is 9.92. The van der Waals surface area contributed by atoms with Gasteiger partial charge >= 0.3 is 0 Å². The van der Waals surface area contributed by atoms with Gasteiger partial charge in [-0.15, -0.1) is 11.3 Å². The minimum atomic E-state index is -0.548. The maximum absolute atomic E-state index is 12.5. The van der Waals surface area contributed by atoms with Crippen LogP contribution in [0, 0.1) is 19.8 Å². The van der Waals surface area contributed by atoms with Crippen molar-refractivity contribution in [2.24, 2.45) is 5.92 Å². The molecule has 5 nitrogen and oxygen atoms in total. The molecule has 2 heterocycles. The van der Waals surface area contributed by atoms with E-state index in [9.17, 15) is 4.79 Å². The first-order chi connectivity index (χ1) is 10.2. The van der Waals surface area contributed by atoms with Crippen LogP contribution in [0.2, 0.25) is 0 Å². The van der Waals surface area contributed by atoms with Crippen molar-refractivity contribution in [1.82, 2.24) is 15.5 Å². The van der Waals surface area contributed by atoms with E-state index < -0.39 is 5.54 Å². The topological polar surface area (TPSA) is 68.0 Å².